The van der Waals surface area contributed by atoms with Crippen molar-refractivity contribution >= 4 is 5.95 Å². The van der Waals surface area contributed by atoms with E-state index in [9.17, 15) is 0 Å². The van der Waals surface area contributed by atoms with E-state index in [2.05, 4.69) is 43.4 Å². The summed E-state index contributed by atoms with van der Waals surface area (Å²) in [7, 11) is 0. The summed E-state index contributed by atoms with van der Waals surface area (Å²) >= 11 is 0. The van der Waals surface area contributed by atoms with Gasteiger partial charge in [0.1, 0.15) is 0 Å². The monoisotopic (exact) mass is 250 g/mol. The molecular weight excluding hydrogens is 224 g/mol. The molecule has 1 aliphatic heterocycles. The topological polar surface area (TPSA) is 47.1 Å². The van der Waals surface area contributed by atoms with Gasteiger partial charge < -0.3 is 15.2 Å². The summed E-state index contributed by atoms with van der Waals surface area (Å²) in [5.74, 6) is 2.31. The zero-order valence-corrected chi connectivity index (χ0v) is 12.1. The minimum atomic E-state index is 0.343. The van der Waals surface area contributed by atoms with Crippen molar-refractivity contribution in [3.63, 3.8) is 0 Å². The molecule has 2 N–H and O–H groups in total. The Balaban J connectivity index is 2.17. The molecule has 102 valence electrons. The Morgan fingerprint density at radius 3 is 2.83 bits per heavy atom. The third-order valence-corrected chi connectivity index (χ3v) is 3.69. The summed E-state index contributed by atoms with van der Waals surface area (Å²) < 4.78 is 2.30. The summed E-state index contributed by atoms with van der Waals surface area (Å²) in [6, 6.07) is 0.343. The maximum atomic E-state index is 6.09. The predicted octanol–water partition coefficient (Wildman–Crippen LogP) is 2.02. The number of rotatable bonds is 3. The lowest BCUT2D eigenvalue weighted by Crippen LogP contribution is -2.46. The lowest BCUT2D eigenvalue weighted by Gasteiger charge is -2.36. The van der Waals surface area contributed by atoms with Crippen LogP contribution in [0.3, 0.4) is 0 Å². The molecule has 2 unspecified atom stereocenters. The van der Waals surface area contributed by atoms with Crippen LogP contribution in [0.5, 0.6) is 0 Å². The van der Waals surface area contributed by atoms with E-state index in [1.807, 2.05) is 0 Å². The molecule has 0 spiro atoms. The molecular formula is C14H26N4. The Morgan fingerprint density at radius 1 is 1.50 bits per heavy atom. The van der Waals surface area contributed by atoms with Gasteiger partial charge in [0.2, 0.25) is 5.95 Å². The number of nitrogens with zero attached hydrogens (tertiary/aromatic N) is 3. The van der Waals surface area contributed by atoms with E-state index in [0.29, 0.717) is 17.9 Å². The van der Waals surface area contributed by atoms with Crippen LogP contribution in [0.15, 0.2) is 6.20 Å². The molecule has 4 nitrogen and oxygen atoms in total. The number of aromatic nitrogens is 2. The van der Waals surface area contributed by atoms with Crippen molar-refractivity contribution in [2.75, 3.05) is 18.0 Å². The van der Waals surface area contributed by atoms with Crippen LogP contribution < -0.4 is 10.6 Å². The first-order valence-corrected chi connectivity index (χ1v) is 7.01. The lowest BCUT2D eigenvalue weighted by molar-refractivity contribution is 0.375. The summed E-state index contributed by atoms with van der Waals surface area (Å²) in [6.45, 7) is 11.9. The van der Waals surface area contributed by atoms with Gasteiger partial charge >= 0.3 is 0 Å². The fourth-order valence-electron chi connectivity index (χ4n) is 2.66. The first-order chi connectivity index (χ1) is 8.47. The van der Waals surface area contributed by atoms with E-state index in [1.54, 1.807) is 0 Å². The van der Waals surface area contributed by atoms with E-state index >= 15 is 0 Å². The molecule has 0 radical (unpaired) electrons. The van der Waals surface area contributed by atoms with Gasteiger partial charge in [-0.05, 0) is 25.2 Å². The van der Waals surface area contributed by atoms with Gasteiger partial charge in [0.15, 0.2) is 0 Å². The number of aryl methyl sites for hydroxylation is 1. The van der Waals surface area contributed by atoms with Gasteiger partial charge in [-0.2, -0.15) is 0 Å². The molecule has 0 amide bonds. The van der Waals surface area contributed by atoms with Crippen molar-refractivity contribution in [1.29, 1.82) is 0 Å². The van der Waals surface area contributed by atoms with Crippen LogP contribution in [0.4, 0.5) is 5.95 Å². The molecule has 4 heteroatoms. The standard InChI is InChI=1S/C14H26N4/c1-10(2)7-18-9-12(4)16-14(18)17-6-5-13(15)11(3)8-17/h9-11,13H,5-8,15H2,1-4H3. The largest absolute Gasteiger partial charge is 0.342 e. The van der Waals surface area contributed by atoms with Crippen molar-refractivity contribution in [2.45, 2.75) is 46.7 Å². The van der Waals surface area contributed by atoms with Gasteiger partial charge in [0, 0.05) is 31.9 Å². The quantitative estimate of drug-likeness (QED) is 0.893. The maximum Gasteiger partial charge on any atom is 0.205 e. The minimum absolute atomic E-state index is 0.343. The number of hydrogen-bond donors (Lipinski definition) is 1. The van der Waals surface area contributed by atoms with Crippen LogP contribution in [0.2, 0.25) is 0 Å². The van der Waals surface area contributed by atoms with Gasteiger partial charge in [-0.1, -0.05) is 20.8 Å². The van der Waals surface area contributed by atoms with Crippen LogP contribution in [-0.2, 0) is 6.54 Å². The Bertz CT molecular complexity index is 396. The molecule has 2 heterocycles. The van der Waals surface area contributed by atoms with Gasteiger partial charge in [-0.25, -0.2) is 4.98 Å². The summed E-state index contributed by atoms with van der Waals surface area (Å²) in [5, 5.41) is 0. The number of imidazole rings is 1. The van der Waals surface area contributed by atoms with Gasteiger partial charge in [0.05, 0.1) is 5.69 Å². The first kappa shape index (κ1) is 13.4. The third-order valence-electron chi connectivity index (χ3n) is 3.69. The van der Waals surface area contributed by atoms with Crippen molar-refractivity contribution in [2.24, 2.45) is 17.6 Å². The molecule has 1 aromatic heterocycles. The molecule has 1 saturated heterocycles. The Morgan fingerprint density at radius 2 is 2.22 bits per heavy atom. The summed E-state index contributed by atoms with van der Waals surface area (Å²) in [6.07, 6.45) is 3.23. The van der Waals surface area contributed by atoms with Crippen LogP contribution in [0.1, 0.15) is 32.9 Å². The van der Waals surface area contributed by atoms with E-state index in [4.69, 9.17) is 10.7 Å². The van der Waals surface area contributed by atoms with E-state index in [-0.39, 0.29) is 0 Å². The van der Waals surface area contributed by atoms with Crippen molar-refractivity contribution in [1.82, 2.24) is 9.55 Å². The fourth-order valence-corrected chi connectivity index (χ4v) is 2.66. The summed E-state index contributed by atoms with van der Waals surface area (Å²) in [5.41, 5.74) is 7.19. The van der Waals surface area contributed by atoms with Crippen molar-refractivity contribution in [3.05, 3.63) is 11.9 Å². The molecule has 1 aliphatic rings. The Kier molecular flexibility index (Phi) is 3.95. The van der Waals surface area contributed by atoms with Gasteiger partial charge in [0.25, 0.3) is 0 Å². The molecule has 0 saturated carbocycles. The van der Waals surface area contributed by atoms with E-state index in [0.717, 1.165) is 37.7 Å². The average Bonchev–Trinajstić information content (AvgIpc) is 2.62. The van der Waals surface area contributed by atoms with Crippen LogP contribution >= 0.6 is 0 Å². The Labute approximate surface area is 110 Å². The molecule has 2 atom stereocenters. The third kappa shape index (κ3) is 2.86. The molecule has 0 aromatic carbocycles. The van der Waals surface area contributed by atoms with Crippen LogP contribution in [0, 0.1) is 18.8 Å². The highest BCUT2D eigenvalue weighted by molar-refractivity contribution is 5.34. The van der Waals surface area contributed by atoms with Crippen LogP contribution in [0.25, 0.3) is 0 Å². The number of nitrogens with two attached hydrogens (primary N) is 1. The highest BCUT2D eigenvalue weighted by Gasteiger charge is 2.25. The van der Waals surface area contributed by atoms with Crippen LogP contribution in [-0.4, -0.2) is 28.7 Å². The minimum Gasteiger partial charge on any atom is -0.342 e. The molecule has 1 fully saturated rings. The Hall–Kier alpha value is -1.03. The first-order valence-electron chi connectivity index (χ1n) is 7.01. The molecule has 1 aromatic rings. The molecule has 18 heavy (non-hydrogen) atoms. The molecule has 2 rings (SSSR count). The maximum absolute atomic E-state index is 6.09. The fraction of sp³-hybridized carbons (Fsp3) is 0.786. The highest BCUT2D eigenvalue weighted by atomic mass is 15.3. The molecule has 0 bridgehead atoms. The zero-order chi connectivity index (χ0) is 13.3. The van der Waals surface area contributed by atoms with Crippen molar-refractivity contribution in [3.8, 4) is 0 Å². The number of piperidine rings is 1. The second kappa shape index (κ2) is 5.31. The van der Waals surface area contributed by atoms with Gasteiger partial charge in [-0.15, -0.1) is 0 Å². The SMILES string of the molecule is Cc1cn(CC(C)C)c(N2CCC(N)C(C)C2)n1. The lowest BCUT2D eigenvalue weighted by atomic mass is 9.95. The van der Waals surface area contributed by atoms with Gasteiger partial charge in [-0.3, -0.25) is 0 Å². The average molecular weight is 250 g/mol. The van der Waals surface area contributed by atoms with Crippen molar-refractivity contribution < 1.29 is 0 Å². The second-order valence-corrected chi connectivity index (χ2v) is 6.10. The van der Waals surface area contributed by atoms with E-state index < -0.39 is 0 Å². The second-order valence-electron chi connectivity index (χ2n) is 6.10. The highest BCUT2D eigenvalue weighted by Crippen LogP contribution is 2.23. The number of hydrogen-bond acceptors (Lipinski definition) is 3. The number of anilines is 1. The normalized spacial score (nSPS) is 24.9. The predicted molar refractivity (Wildman–Crippen MR) is 75.8 cm³/mol. The smallest absolute Gasteiger partial charge is 0.205 e. The van der Waals surface area contributed by atoms with E-state index in [1.165, 1.54) is 0 Å². The zero-order valence-electron chi connectivity index (χ0n) is 12.1. The molecule has 0 aliphatic carbocycles. The summed E-state index contributed by atoms with van der Waals surface area (Å²) in [4.78, 5) is 7.09.